The monoisotopic (exact) mass is 320 g/mol. The minimum atomic E-state index is -0.646. The summed E-state index contributed by atoms with van der Waals surface area (Å²) in [7, 11) is 0. The van der Waals surface area contributed by atoms with Gasteiger partial charge in [-0.1, -0.05) is 18.9 Å². The number of nitrogens with zero attached hydrogens (tertiary/aromatic N) is 1. The van der Waals surface area contributed by atoms with E-state index in [0.717, 1.165) is 11.3 Å². The topological polar surface area (TPSA) is 49.4 Å². The van der Waals surface area contributed by atoms with Crippen molar-refractivity contribution in [3.8, 4) is 0 Å². The van der Waals surface area contributed by atoms with Gasteiger partial charge in [-0.15, -0.1) is 11.3 Å². The van der Waals surface area contributed by atoms with E-state index in [1.54, 1.807) is 16.2 Å². The summed E-state index contributed by atoms with van der Waals surface area (Å²) < 4.78 is 0. The molecular formula is C17H24N2O2S. The van der Waals surface area contributed by atoms with Crippen LogP contribution in [0.3, 0.4) is 0 Å². The molecule has 1 saturated heterocycles. The first-order valence-corrected chi connectivity index (χ1v) is 9.09. The summed E-state index contributed by atoms with van der Waals surface area (Å²) in [5.41, 5.74) is -0.646. The summed E-state index contributed by atoms with van der Waals surface area (Å²) >= 11 is 1.63. The van der Waals surface area contributed by atoms with E-state index in [-0.39, 0.29) is 11.8 Å². The minimum Gasteiger partial charge on any atom is -0.349 e. The predicted octanol–water partition coefficient (Wildman–Crippen LogP) is 2.94. The maximum absolute atomic E-state index is 12.5. The Balaban J connectivity index is 1.54. The van der Waals surface area contributed by atoms with Crippen LogP contribution in [0.4, 0.5) is 0 Å². The van der Waals surface area contributed by atoms with E-state index in [9.17, 15) is 9.59 Å². The van der Waals surface area contributed by atoms with Gasteiger partial charge in [0.05, 0.1) is 6.54 Å². The van der Waals surface area contributed by atoms with Crippen LogP contribution in [0.15, 0.2) is 17.5 Å². The fourth-order valence-electron chi connectivity index (χ4n) is 3.54. The molecule has 2 amide bonds. The van der Waals surface area contributed by atoms with E-state index in [1.807, 2.05) is 24.4 Å². The lowest BCUT2D eigenvalue weighted by molar-refractivity contribution is -0.158. The Morgan fingerprint density at radius 1 is 1.41 bits per heavy atom. The second-order valence-electron chi connectivity index (χ2n) is 6.69. The number of nitrogens with one attached hydrogen (secondary N) is 1. The lowest BCUT2D eigenvalue weighted by Crippen LogP contribution is -2.67. The van der Waals surface area contributed by atoms with Crippen molar-refractivity contribution < 1.29 is 9.59 Å². The Morgan fingerprint density at radius 3 is 2.77 bits per heavy atom. The number of carbonyl (C=O) groups excluding carboxylic acids is 2. The van der Waals surface area contributed by atoms with Gasteiger partial charge in [-0.05, 0) is 43.6 Å². The van der Waals surface area contributed by atoms with E-state index in [0.29, 0.717) is 25.4 Å². The summed E-state index contributed by atoms with van der Waals surface area (Å²) in [6.45, 7) is 3.16. The minimum absolute atomic E-state index is 0.0214. The van der Waals surface area contributed by atoms with Crippen LogP contribution in [-0.4, -0.2) is 28.8 Å². The number of thiophene rings is 1. The number of rotatable bonds is 5. The molecule has 5 heteroatoms. The SMILES string of the molecule is CC1(C(=O)NCc2cccs2)CCN1C(=O)CC1CCCC1. The first-order chi connectivity index (χ1) is 10.6. The van der Waals surface area contributed by atoms with Gasteiger partial charge in [0.2, 0.25) is 11.8 Å². The van der Waals surface area contributed by atoms with Gasteiger partial charge in [-0.25, -0.2) is 0 Å². The Labute approximate surface area is 135 Å². The van der Waals surface area contributed by atoms with Crippen LogP contribution in [0.1, 0.15) is 50.3 Å². The summed E-state index contributed by atoms with van der Waals surface area (Å²) in [6, 6.07) is 3.99. The number of amides is 2. The molecule has 2 fully saturated rings. The average Bonchev–Trinajstić information content (AvgIpc) is 3.15. The molecule has 1 aliphatic heterocycles. The number of carbonyl (C=O) groups is 2. The first-order valence-electron chi connectivity index (χ1n) is 8.21. The van der Waals surface area contributed by atoms with Crippen molar-refractivity contribution in [3.05, 3.63) is 22.4 Å². The van der Waals surface area contributed by atoms with Crippen molar-refractivity contribution in [1.29, 1.82) is 0 Å². The van der Waals surface area contributed by atoms with Gasteiger partial charge in [0.1, 0.15) is 5.54 Å². The van der Waals surface area contributed by atoms with Gasteiger partial charge in [0.15, 0.2) is 0 Å². The predicted molar refractivity (Wildman–Crippen MR) is 87.5 cm³/mol. The molecule has 1 N–H and O–H groups in total. The van der Waals surface area contributed by atoms with Gasteiger partial charge in [-0.2, -0.15) is 0 Å². The molecule has 0 radical (unpaired) electrons. The van der Waals surface area contributed by atoms with Crippen LogP contribution in [0.5, 0.6) is 0 Å². The van der Waals surface area contributed by atoms with Crippen molar-refractivity contribution >= 4 is 23.2 Å². The fourth-order valence-corrected chi connectivity index (χ4v) is 4.18. The Bertz CT molecular complexity index is 537. The lowest BCUT2D eigenvalue weighted by Gasteiger charge is -2.49. The molecule has 1 unspecified atom stereocenters. The fraction of sp³-hybridized carbons (Fsp3) is 0.647. The molecule has 2 heterocycles. The van der Waals surface area contributed by atoms with Crippen LogP contribution in [-0.2, 0) is 16.1 Å². The second kappa shape index (κ2) is 6.41. The lowest BCUT2D eigenvalue weighted by atomic mass is 9.84. The van der Waals surface area contributed by atoms with Crippen molar-refractivity contribution in [3.63, 3.8) is 0 Å². The Hall–Kier alpha value is -1.36. The Morgan fingerprint density at radius 2 is 2.18 bits per heavy atom. The molecule has 1 aromatic rings. The second-order valence-corrected chi connectivity index (χ2v) is 7.72. The van der Waals surface area contributed by atoms with Crippen molar-refractivity contribution in [2.24, 2.45) is 5.92 Å². The third kappa shape index (κ3) is 3.05. The maximum Gasteiger partial charge on any atom is 0.246 e. The molecule has 1 aromatic heterocycles. The molecule has 0 spiro atoms. The highest BCUT2D eigenvalue weighted by Crippen LogP contribution is 2.34. The van der Waals surface area contributed by atoms with E-state index in [4.69, 9.17) is 0 Å². The molecule has 3 rings (SSSR count). The normalized spacial score (nSPS) is 25.0. The number of likely N-dealkylation sites (tertiary alicyclic amines) is 1. The molecule has 2 aliphatic rings. The summed E-state index contributed by atoms with van der Waals surface area (Å²) in [5.74, 6) is 0.672. The zero-order valence-electron chi connectivity index (χ0n) is 13.1. The van der Waals surface area contributed by atoms with Crippen molar-refractivity contribution in [1.82, 2.24) is 10.2 Å². The molecular weight excluding hydrogens is 296 g/mol. The van der Waals surface area contributed by atoms with Gasteiger partial charge in [0, 0.05) is 17.8 Å². The number of hydrogen-bond donors (Lipinski definition) is 1. The van der Waals surface area contributed by atoms with Gasteiger partial charge in [-0.3, -0.25) is 9.59 Å². The zero-order chi connectivity index (χ0) is 15.6. The number of hydrogen-bond acceptors (Lipinski definition) is 3. The molecule has 1 aliphatic carbocycles. The zero-order valence-corrected chi connectivity index (χ0v) is 14.0. The summed E-state index contributed by atoms with van der Waals surface area (Å²) in [6.07, 6.45) is 6.21. The molecule has 0 bridgehead atoms. The molecule has 1 atom stereocenters. The maximum atomic E-state index is 12.5. The van der Waals surface area contributed by atoms with Gasteiger partial charge >= 0.3 is 0 Å². The van der Waals surface area contributed by atoms with Crippen LogP contribution >= 0.6 is 11.3 Å². The van der Waals surface area contributed by atoms with Crippen LogP contribution in [0.2, 0.25) is 0 Å². The largest absolute Gasteiger partial charge is 0.349 e. The average molecular weight is 320 g/mol. The highest BCUT2D eigenvalue weighted by Gasteiger charge is 2.49. The van der Waals surface area contributed by atoms with E-state index >= 15 is 0 Å². The van der Waals surface area contributed by atoms with E-state index in [2.05, 4.69) is 5.32 Å². The molecule has 4 nitrogen and oxygen atoms in total. The molecule has 1 saturated carbocycles. The third-order valence-electron chi connectivity index (χ3n) is 5.15. The van der Waals surface area contributed by atoms with E-state index < -0.39 is 5.54 Å². The van der Waals surface area contributed by atoms with Gasteiger partial charge in [0.25, 0.3) is 0 Å². The van der Waals surface area contributed by atoms with Crippen LogP contribution < -0.4 is 5.32 Å². The highest BCUT2D eigenvalue weighted by atomic mass is 32.1. The summed E-state index contributed by atoms with van der Waals surface area (Å²) in [4.78, 5) is 27.9. The van der Waals surface area contributed by atoms with Crippen LogP contribution in [0, 0.1) is 5.92 Å². The van der Waals surface area contributed by atoms with Crippen molar-refractivity contribution in [2.75, 3.05) is 6.54 Å². The smallest absolute Gasteiger partial charge is 0.246 e. The highest BCUT2D eigenvalue weighted by molar-refractivity contribution is 7.09. The summed E-state index contributed by atoms with van der Waals surface area (Å²) in [5, 5.41) is 4.99. The first kappa shape index (κ1) is 15.5. The Kier molecular flexibility index (Phi) is 4.52. The molecule has 0 aromatic carbocycles. The van der Waals surface area contributed by atoms with Crippen LogP contribution in [0.25, 0.3) is 0 Å². The third-order valence-corrected chi connectivity index (χ3v) is 6.03. The van der Waals surface area contributed by atoms with E-state index in [1.165, 1.54) is 25.7 Å². The van der Waals surface area contributed by atoms with Gasteiger partial charge < -0.3 is 10.2 Å². The molecule has 22 heavy (non-hydrogen) atoms. The quantitative estimate of drug-likeness (QED) is 0.907. The standard InChI is InChI=1S/C17H24N2O2S/c1-17(16(21)18-12-14-7-4-10-22-14)8-9-19(17)15(20)11-13-5-2-3-6-13/h4,7,10,13H,2-3,5-6,8-9,11-12H2,1H3,(H,18,21). The molecule has 120 valence electrons. The van der Waals surface area contributed by atoms with Crippen molar-refractivity contribution in [2.45, 2.75) is 57.5 Å².